The maximum absolute atomic E-state index is 12.7. The SMILES string of the molecule is CCOC(=O)c1c(NC(=O)CSc2nnc(-c3ccccc3Br)n2C)sc2c1CCCC2. The van der Waals surface area contributed by atoms with Crippen molar-refractivity contribution in [3.63, 3.8) is 0 Å². The molecule has 0 unspecified atom stereocenters. The van der Waals surface area contributed by atoms with Crippen molar-refractivity contribution in [1.82, 2.24) is 14.8 Å². The van der Waals surface area contributed by atoms with E-state index >= 15 is 0 Å². The molecule has 7 nitrogen and oxygen atoms in total. The van der Waals surface area contributed by atoms with E-state index in [0.29, 0.717) is 22.3 Å². The van der Waals surface area contributed by atoms with Gasteiger partial charge in [0.1, 0.15) is 5.00 Å². The average molecular weight is 535 g/mol. The number of nitrogens with zero attached hydrogens (tertiary/aromatic N) is 3. The van der Waals surface area contributed by atoms with E-state index in [4.69, 9.17) is 4.74 Å². The summed E-state index contributed by atoms with van der Waals surface area (Å²) in [6, 6.07) is 7.80. The molecular weight excluding hydrogens is 512 g/mol. The summed E-state index contributed by atoms with van der Waals surface area (Å²) in [5.74, 6) is 0.328. The maximum Gasteiger partial charge on any atom is 0.341 e. The molecule has 2 aromatic heterocycles. The highest BCUT2D eigenvalue weighted by Gasteiger charge is 2.27. The Bertz CT molecular complexity index is 1160. The molecule has 0 aliphatic heterocycles. The molecule has 0 bridgehead atoms. The van der Waals surface area contributed by atoms with E-state index in [-0.39, 0.29) is 17.6 Å². The number of esters is 1. The number of hydrogen-bond acceptors (Lipinski definition) is 7. The van der Waals surface area contributed by atoms with E-state index in [1.165, 1.54) is 28.0 Å². The monoisotopic (exact) mass is 534 g/mol. The first-order valence-corrected chi connectivity index (χ1v) is 13.0. The molecular formula is C22H23BrN4O3S2. The second-order valence-corrected chi connectivity index (χ2v) is 10.2. The van der Waals surface area contributed by atoms with Crippen LogP contribution in [0.4, 0.5) is 5.00 Å². The Morgan fingerprint density at radius 3 is 2.81 bits per heavy atom. The van der Waals surface area contributed by atoms with Gasteiger partial charge in [-0.2, -0.15) is 0 Å². The van der Waals surface area contributed by atoms with Gasteiger partial charge in [-0.1, -0.05) is 45.9 Å². The minimum absolute atomic E-state index is 0.159. The Hall–Kier alpha value is -2.17. The van der Waals surface area contributed by atoms with Crippen molar-refractivity contribution < 1.29 is 14.3 Å². The smallest absolute Gasteiger partial charge is 0.341 e. The number of ether oxygens (including phenoxy) is 1. The lowest BCUT2D eigenvalue weighted by molar-refractivity contribution is -0.113. The van der Waals surface area contributed by atoms with Gasteiger partial charge in [0, 0.05) is 22.0 Å². The number of aryl methyl sites for hydroxylation is 1. The van der Waals surface area contributed by atoms with Crippen LogP contribution in [0.1, 0.15) is 40.6 Å². The van der Waals surface area contributed by atoms with Gasteiger partial charge < -0.3 is 14.6 Å². The number of halogens is 1. The van der Waals surface area contributed by atoms with Gasteiger partial charge in [0.2, 0.25) is 5.91 Å². The second-order valence-electron chi connectivity index (χ2n) is 7.32. The number of carbonyl (C=O) groups excluding carboxylic acids is 2. The van der Waals surface area contributed by atoms with Crippen LogP contribution in [0.2, 0.25) is 0 Å². The molecule has 0 spiro atoms. The third kappa shape index (κ3) is 4.77. The number of fused-ring (bicyclic) bond motifs is 1. The van der Waals surface area contributed by atoms with Gasteiger partial charge in [0.05, 0.1) is 17.9 Å². The molecule has 10 heteroatoms. The van der Waals surface area contributed by atoms with Crippen LogP contribution in [0.3, 0.4) is 0 Å². The molecule has 168 valence electrons. The van der Waals surface area contributed by atoms with Crippen LogP contribution >= 0.6 is 39.0 Å². The number of aromatic nitrogens is 3. The molecule has 0 saturated carbocycles. The fraction of sp³-hybridized carbons (Fsp3) is 0.364. The normalized spacial score (nSPS) is 13.0. The summed E-state index contributed by atoms with van der Waals surface area (Å²) in [6.07, 6.45) is 3.94. The highest BCUT2D eigenvalue weighted by atomic mass is 79.9. The van der Waals surface area contributed by atoms with Gasteiger partial charge in [-0.15, -0.1) is 21.5 Å². The standard InChI is InChI=1S/C22H23BrN4O3S2/c1-3-30-21(29)18-14-9-5-7-11-16(14)32-20(18)24-17(28)12-31-22-26-25-19(27(22)2)13-8-4-6-10-15(13)23/h4,6,8,10H,3,5,7,9,11-12H2,1-2H3,(H,24,28). The van der Waals surface area contributed by atoms with Crippen molar-refractivity contribution in [2.75, 3.05) is 17.7 Å². The summed E-state index contributed by atoms with van der Waals surface area (Å²) < 4.78 is 8.06. The highest BCUT2D eigenvalue weighted by molar-refractivity contribution is 9.10. The largest absolute Gasteiger partial charge is 0.462 e. The van der Waals surface area contributed by atoms with E-state index in [0.717, 1.165) is 47.1 Å². The molecule has 0 atom stereocenters. The van der Waals surface area contributed by atoms with Gasteiger partial charge in [-0.25, -0.2) is 4.79 Å². The fourth-order valence-corrected chi connectivity index (χ4v) is 6.15. The number of anilines is 1. The predicted octanol–water partition coefficient (Wildman–Crippen LogP) is 5.09. The van der Waals surface area contributed by atoms with Crippen LogP contribution in [0.5, 0.6) is 0 Å². The molecule has 1 N–H and O–H groups in total. The molecule has 2 heterocycles. The van der Waals surface area contributed by atoms with E-state index in [9.17, 15) is 9.59 Å². The number of thioether (sulfide) groups is 1. The van der Waals surface area contributed by atoms with Crippen LogP contribution in [0.25, 0.3) is 11.4 Å². The minimum atomic E-state index is -0.360. The molecule has 1 amide bonds. The van der Waals surface area contributed by atoms with Crippen molar-refractivity contribution in [2.24, 2.45) is 7.05 Å². The zero-order valence-electron chi connectivity index (χ0n) is 17.8. The number of rotatable bonds is 7. The van der Waals surface area contributed by atoms with Crippen molar-refractivity contribution in [2.45, 2.75) is 37.8 Å². The third-order valence-electron chi connectivity index (χ3n) is 5.19. The zero-order chi connectivity index (χ0) is 22.7. The Morgan fingerprint density at radius 2 is 2.03 bits per heavy atom. The summed E-state index contributed by atoms with van der Waals surface area (Å²) in [5.41, 5.74) is 2.50. The Balaban J connectivity index is 1.47. The van der Waals surface area contributed by atoms with Gasteiger partial charge in [0.15, 0.2) is 11.0 Å². The summed E-state index contributed by atoms with van der Waals surface area (Å²) in [6.45, 7) is 2.09. The number of nitrogens with one attached hydrogen (secondary N) is 1. The summed E-state index contributed by atoms with van der Waals surface area (Å²) in [4.78, 5) is 26.5. The van der Waals surface area contributed by atoms with Crippen molar-refractivity contribution >= 4 is 55.9 Å². The van der Waals surface area contributed by atoms with Gasteiger partial charge in [-0.3, -0.25) is 4.79 Å². The maximum atomic E-state index is 12.7. The highest BCUT2D eigenvalue weighted by Crippen LogP contribution is 2.38. The lowest BCUT2D eigenvalue weighted by Crippen LogP contribution is -2.17. The molecule has 0 fully saturated rings. The topological polar surface area (TPSA) is 86.1 Å². The summed E-state index contributed by atoms with van der Waals surface area (Å²) >= 11 is 6.34. The van der Waals surface area contributed by atoms with E-state index in [1.54, 1.807) is 6.92 Å². The van der Waals surface area contributed by atoms with Gasteiger partial charge in [-0.05, 0) is 44.2 Å². The quantitative estimate of drug-likeness (QED) is 0.335. The van der Waals surface area contributed by atoms with E-state index < -0.39 is 0 Å². The first-order valence-electron chi connectivity index (χ1n) is 10.4. The molecule has 1 aromatic carbocycles. The predicted molar refractivity (Wildman–Crippen MR) is 130 cm³/mol. The molecule has 0 saturated heterocycles. The van der Waals surface area contributed by atoms with Crippen LogP contribution in [0.15, 0.2) is 33.9 Å². The van der Waals surface area contributed by atoms with Crippen molar-refractivity contribution in [1.29, 1.82) is 0 Å². The van der Waals surface area contributed by atoms with Crippen LogP contribution in [0, 0.1) is 0 Å². The Morgan fingerprint density at radius 1 is 1.25 bits per heavy atom. The Labute approximate surface area is 203 Å². The molecule has 0 radical (unpaired) electrons. The minimum Gasteiger partial charge on any atom is -0.462 e. The van der Waals surface area contributed by atoms with Crippen LogP contribution in [-0.2, 0) is 29.4 Å². The number of amides is 1. The molecule has 32 heavy (non-hydrogen) atoms. The number of hydrogen-bond donors (Lipinski definition) is 1. The zero-order valence-corrected chi connectivity index (χ0v) is 21.0. The van der Waals surface area contributed by atoms with Crippen molar-refractivity contribution in [3.05, 3.63) is 44.7 Å². The second kappa shape index (κ2) is 10.2. The van der Waals surface area contributed by atoms with E-state index in [2.05, 4.69) is 31.4 Å². The lowest BCUT2D eigenvalue weighted by atomic mass is 9.95. The average Bonchev–Trinajstić information content (AvgIpc) is 3.32. The van der Waals surface area contributed by atoms with Crippen LogP contribution in [-0.4, -0.2) is 39.0 Å². The van der Waals surface area contributed by atoms with Crippen molar-refractivity contribution in [3.8, 4) is 11.4 Å². The first kappa shape index (κ1) is 23.0. The molecule has 3 aromatic rings. The van der Waals surface area contributed by atoms with Gasteiger partial charge in [0.25, 0.3) is 0 Å². The number of benzene rings is 1. The fourth-order valence-electron chi connectivity index (χ4n) is 3.68. The first-order chi connectivity index (χ1) is 15.5. The summed E-state index contributed by atoms with van der Waals surface area (Å²) in [7, 11) is 1.88. The lowest BCUT2D eigenvalue weighted by Gasteiger charge is -2.12. The number of carbonyl (C=O) groups is 2. The molecule has 1 aliphatic carbocycles. The third-order valence-corrected chi connectivity index (χ3v) is 8.10. The molecule has 1 aliphatic rings. The summed E-state index contributed by atoms with van der Waals surface area (Å²) in [5, 5.41) is 12.7. The Kier molecular flexibility index (Phi) is 7.32. The van der Waals surface area contributed by atoms with Crippen LogP contribution < -0.4 is 5.32 Å². The molecule has 4 rings (SSSR count). The van der Waals surface area contributed by atoms with Gasteiger partial charge >= 0.3 is 5.97 Å². The van der Waals surface area contributed by atoms with E-state index in [1.807, 2.05) is 35.9 Å². The number of thiophene rings is 1.